The summed E-state index contributed by atoms with van der Waals surface area (Å²) in [5, 5.41) is 5.65. The maximum atomic E-state index is 14.6. The molecule has 3 aliphatic heterocycles. The van der Waals surface area contributed by atoms with Crippen LogP contribution < -0.4 is 14.3 Å². The predicted molar refractivity (Wildman–Crippen MR) is 130 cm³/mol. The van der Waals surface area contributed by atoms with E-state index < -0.39 is 0 Å². The van der Waals surface area contributed by atoms with E-state index in [9.17, 15) is 9.18 Å². The molecule has 34 heavy (non-hydrogen) atoms. The highest BCUT2D eigenvalue weighted by molar-refractivity contribution is 8.14. The van der Waals surface area contributed by atoms with Gasteiger partial charge in [0.25, 0.3) is 0 Å². The Kier molecular flexibility index (Phi) is 4.79. The number of pyridine rings is 1. The number of rotatable bonds is 4. The molecule has 3 aliphatic rings. The lowest BCUT2D eigenvalue weighted by Gasteiger charge is -2.22. The van der Waals surface area contributed by atoms with Crippen molar-refractivity contribution in [1.29, 1.82) is 0 Å². The molecular weight excluding hydrogens is 455 g/mol. The van der Waals surface area contributed by atoms with Gasteiger partial charge >= 0.3 is 11.0 Å². The minimum absolute atomic E-state index is 0.0771. The van der Waals surface area contributed by atoms with E-state index in [1.54, 1.807) is 34.0 Å². The summed E-state index contributed by atoms with van der Waals surface area (Å²) in [4.78, 5) is 21.2. The van der Waals surface area contributed by atoms with E-state index in [2.05, 4.69) is 14.8 Å². The number of fused-ring (bicyclic) bond motifs is 2. The molecule has 0 saturated carbocycles. The molecule has 0 bridgehead atoms. The van der Waals surface area contributed by atoms with Gasteiger partial charge in [0.1, 0.15) is 5.69 Å². The molecule has 0 unspecified atom stereocenters. The third-order valence-corrected chi connectivity index (χ3v) is 6.95. The number of ether oxygens (including phenoxy) is 1. The van der Waals surface area contributed by atoms with Crippen LogP contribution in [0.25, 0.3) is 16.5 Å². The van der Waals surface area contributed by atoms with E-state index in [-0.39, 0.29) is 11.7 Å². The number of amidine groups is 2. The average molecular weight is 476 g/mol. The molecule has 10 heteroatoms. The van der Waals surface area contributed by atoms with Gasteiger partial charge < -0.3 is 9.64 Å². The third kappa shape index (κ3) is 3.30. The molecule has 3 aromatic rings. The van der Waals surface area contributed by atoms with Crippen molar-refractivity contribution in [3.8, 4) is 5.75 Å². The van der Waals surface area contributed by atoms with Crippen LogP contribution in [0, 0.1) is 0 Å². The summed E-state index contributed by atoms with van der Waals surface area (Å²) in [6.45, 7) is 0.659. The van der Waals surface area contributed by atoms with Crippen LogP contribution in [-0.4, -0.2) is 50.2 Å². The lowest BCUT2D eigenvalue weighted by Crippen LogP contribution is -2.44. The van der Waals surface area contributed by atoms with Crippen LogP contribution in [-0.2, 0) is 11.8 Å². The maximum Gasteiger partial charge on any atom is 0.365 e. The molecule has 2 aromatic heterocycles. The number of thioether (sulfide) groups is 1. The highest BCUT2D eigenvalue weighted by Gasteiger charge is 2.40. The molecule has 170 valence electrons. The van der Waals surface area contributed by atoms with E-state index in [1.807, 2.05) is 37.6 Å². The zero-order valence-electron chi connectivity index (χ0n) is 18.5. The standard InChI is InChI=1S/C24H20FN6O2S/c1-29-12-15(10-27-29)14-8-18(25)23-28-24(31(23)13-14)34-16-5-6-19-17(9-16)22(33-2)20(11-26-19)30-7-3-4-21(30)32/h5-6,8-13H,3-4,7H2,1-2H3/q+1. The fraction of sp³-hybridized carbons (Fsp3) is 0.208. The van der Waals surface area contributed by atoms with Crippen LogP contribution in [0.3, 0.4) is 0 Å². The summed E-state index contributed by atoms with van der Waals surface area (Å²) < 4.78 is 26.4. The molecule has 8 nitrogen and oxygen atoms in total. The number of allylic oxidation sites excluding steroid dienone is 2. The van der Waals surface area contributed by atoms with Crippen molar-refractivity contribution in [3.05, 3.63) is 60.5 Å². The number of carbonyl (C=O) groups is 1. The minimum atomic E-state index is -0.380. The van der Waals surface area contributed by atoms with E-state index in [0.717, 1.165) is 33.4 Å². The quantitative estimate of drug-likeness (QED) is 0.539. The Hall–Kier alpha value is -3.88. The largest absolute Gasteiger partial charge is 0.494 e. The van der Waals surface area contributed by atoms with Gasteiger partial charge in [0.05, 0.1) is 31.2 Å². The Morgan fingerprint density at radius 1 is 1.26 bits per heavy atom. The van der Waals surface area contributed by atoms with Crippen molar-refractivity contribution in [2.75, 3.05) is 18.6 Å². The summed E-state index contributed by atoms with van der Waals surface area (Å²) in [6.07, 6.45) is 9.94. The van der Waals surface area contributed by atoms with Gasteiger partial charge in [0.2, 0.25) is 11.7 Å². The van der Waals surface area contributed by atoms with Crippen molar-refractivity contribution in [2.24, 2.45) is 7.05 Å². The van der Waals surface area contributed by atoms with Crippen molar-refractivity contribution < 1.29 is 13.9 Å². The number of methoxy groups -OCH3 is 1. The van der Waals surface area contributed by atoms with Gasteiger partial charge in [-0.3, -0.25) is 14.5 Å². The monoisotopic (exact) mass is 475 g/mol. The summed E-state index contributed by atoms with van der Waals surface area (Å²) in [7, 11) is 3.42. The number of aryl methyl sites for hydroxylation is 1. The van der Waals surface area contributed by atoms with Crippen molar-refractivity contribution in [1.82, 2.24) is 24.3 Å². The lowest BCUT2D eigenvalue weighted by molar-refractivity contribution is -0.117. The van der Waals surface area contributed by atoms with Crippen LogP contribution in [0.5, 0.6) is 5.75 Å². The van der Waals surface area contributed by atoms with Gasteiger partial charge in [-0.2, -0.15) is 14.4 Å². The van der Waals surface area contributed by atoms with Crippen LogP contribution in [0.2, 0.25) is 0 Å². The normalized spacial score (nSPS) is 17.2. The summed E-state index contributed by atoms with van der Waals surface area (Å²) in [5.41, 5.74) is 3.01. The molecule has 1 saturated heterocycles. The predicted octanol–water partition coefficient (Wildman–Crippen LogP) is 3.24. The van der Waals surface area contributed by atoms with Crippen LogP contribution >= 0.6 is 11.8 Å². The Balaban J connectivity index is 1.34. The fourth-order valence-electron chi connectivity index (χ4n) is 4.32. The number of hydrogen-bond acceptors (Lipinski definition) is 6. The van der Waals surface area contributed by atoms with Crippen molar-refractivity contribution in [2.45, 2.75) is 17.7 Å². The zero-order valence-corrected chi connectivity index (χ0v) is 19.3. The van der Waals surface area contributed by atoms with Gasteiger partial charge in [-0.25, -0.2) is 4.67 Å². The molecule has 6 rings (SSSR count). The summed E-state index contributed by atoms with van der Waals surface area (Å²) in [5.74, 6) is 0.615. The zero-order chi connectivity index (χ0) is 23.4. The summed E-state index contributed by atoms with van der Waals surface area (Å²) >= 11 is 1.43. The second kappa shape index (κ2) is 7.86. The number of halogens is 1. The van der Waals surface area contributed by atoms with Gasteiger partial charge in [0, 0.05) is 47.6 Å². The number of aromatic nitrogens is 3. The smallest absolute Gasteiger partial charge is 0.365 e. The second-order valence-electron chi connectivity index (χ2n) is 8.17. The second-order valence-corrected chi connectivity index (χ2v) is 9.21. The van der Waals surface area contributed by atoms with E-state index in [1.165, 1.54) is 17.8 Å². The first-order chi connectivity index (χ1) is 16.5. The highest BCUT2D eigenvalue weighted by Crippen LogP contribution is 2.39. The van der Waals surface area contributed by atoms with Gasteiger partial charge in [-0.15, -0.1) is 0 Å². The van der Waals surface area contributed by atoms with E-state index in [4.69, 9.17) is 4.74 Å². The highest BCUT2D eigenvalue weighted by atomic mass is 32.2. The van der Waals surface area contributed by atoms with E-state index in [0.29, 0.717) is 35.4 Å². The minimum Gasteiger partial charge on any atom is -0.494 e. The Labute approximate surface area is 198 Å². The van der Waals surface area contributed by atoms with E-state index >= 15 is 0 Å². The molecule has 1 aromatic carbocycles. The summed E-state index contributed by atoms with van der Waals surface area (Å²) in [6, 6.07) is 5.83. The van der Waals surface area contributed by atoms with Crippen LogP contribution in [0.1, 0.15) is 18.4 Å². The number of nitrogens with zero attached hydrogens (tertiary/aromatic N) is 6. The Morgan fingerprint density at radius 3 is 2.88 bits per heavy atom. The maximum absolute atomic E-state index is 14.6. The first-order valence-electron chi connectivity index (χ1n) is 10.8. The van der Waals surface area contributed by atoms with Crippen molar-refractivity contribution >= 4 is 50.8 Å². The number of anilines is 1. The first-order valence-corrected chi connectivity index (χ1v) is 11.6. The van der Waals surface area contributed by atoms with Crippen LogP contribution in [0.4, 0.5) is 10.1 Å². The average Bonchev–Trinajstić information content (AvgIpc) is 3.45. The molecule has 0 radical (unpaired) electrons. The topological polar surface area (TPSA) is 77.6 Å². The number of amides is 1. The first kappa shape index (κ1) is 20.7. The fourth-order valence-corrected chi connectivity index (χ4v) is 5.22. The van der Waals surface area contributed by atoms with Gasteiger partial charge in [0.15, 0.2) is 5.75 Å². The molecule has 0 N–H and O–H groups in total. The number of hydrogen-bond donors (Lipinski definition) is 0. The molecular formula is C24H20FN6O2S+. The third-order valence-electron chi connectivity index (χ3n) is 5.99. The molecule has 1 amide bonds. The lowest BCUT2D eigenvalue weighted by atomic mass is 10.1. The number of benzene rings is 1. The SMILES string of the molecule is COc1c(N2CCCC2=O)cnc2ccc(SC3=[N+]=C4C(F)=CC(c5cnn(C)c5)=CN34)cc12. The molecule has 0 spiro atoms. The molecule has 0 aliphatic carbocycles. The van der Waals surface area contributed by atoms with Crippen LogP contribution in [0.15, 0.2) is 59.8 Å². The van der Waals surface area contributed by atoms with Gasteiger partial charge in [-0.1, -0.05) is 0 Å². The molecule has 1 fully saturated rings. The number of carbonyl (C=O) groups excluding carboxylic acids is 1. The van der Waals surface area contributed by atoms with Gasteiger partial charge in [-0.05, 0) is 42.5 Å². The Bertz CT molecular complexity index is 1500. The molecule has 5 heterocycles. The Morgan fingerprint density at radius 2 is 2.15 bits per heavy atom. The van der Waals surface area contributed by atoms with Crippen molar-refractivity contribution in [3.63, 3.8) is 0 Å². The molecule has 0 atom stereocenters.